The Kier molecular flexibility index (Phi) is 5.20. The van der Waals surface area contributed by atoms with E-state index in [0.29, 0.717) is 44.3 Å². The van der Waals surface area contributed by atoms with E-state index in [-0.39, 0.29) is 11.7 Å². The number of carbonyl (C=O) groups excluding carboxylic acids is 1. The molecule has 0 N–H and O–H groups in total. The number of sulfone groups is 1. The van der Waals surface area contributed by atoms with E-state index in [9.17, 15) is 13.2 Å². The lowest BCUT2D eigenvalue weighted by Gasteiger charge is -2.34. The van der Waals surface area contributed by atoms with E-state index in [2.05, 4.69) is 15.2 Å². The lowest BCUT2D eigenvalue weighted by atomic mass is 10.2. The van der Waals surface area contributed by atoms with Crippen molar-refractivity contribution in [1.29, 1.82) is 0 Å². The Balaban J connectivity index is 1.47. The Morgan fingerprint density at radius 3 is 2.39 bits per heavy atom. The monoisotopic (exact) mass is 403 g/mol. The fraction of sp³-hybridized carbons (Fsp3) is 0.526. The zero-order chi connectivity index (χ0) is 19.7. The van der Waals surface area contributed by atoms with Gasteiger partial charge in [0.15, 0.2) is 5.69 Å². The molecule has 1 saturated heterocycles. The largest absolute Gasteiger partial charge is 0.335 e. The Morgan fingerprint density at radius 2 is 1.79 bits per heavy atom. The van der Waals surface area contributed by atoms with Crippen LogP contribution in [-0.4, -0.2) is 83.9 Å². The molecule has 2 aliphatic rings. The molecule has 1 aromatic carbocycles. The Bertz CT molecular complexity index is 945. The highest BCUT2D eigenvalue weighted by molar-refractivity contribution is 7.90. The van der Waals surface area contributed by atoms with Crippen molar-refractivity contribution in [2.24, 2.45) is 0 Å². The summed E-state index contributed by atoms with van der Waals surface area (Å²) in [4.78, 5) is 17.0. The van der Waals surface area contributed by atoms with Gasteiger partial charge in [-0.15, -0.1) is 5.10 Å². The van der Waals surface area contributed by atoms with Crippen molar-refractivity contribution in [2.75, 3.05) is 44.7 Å². The van der Waals surface area contributed by atoms with Gasteiger partial charge in [-0.05, 0) is 25.0 Å². The summed E-state index contributed by atoms with van der Waals surface area (Å²) in [5.41, 5.74) is 2.29. The van der Waals surface area contributed by atoms with Crippen molar-refractivity contribution < 1.29 is 13.2 Å². The minimum absolute atomic E-state index is 0.0770. The van der Waals surface area contributed by atoms with Crippen molar-refractivity contribution in [3.63, 3.8) is 0 Å². The van der Waals surface area contributed by atoms with Crippen LogP contribution in [0.25, 0.3) is 5.69 Å². The van der Waals surface area contributed by atoms with Crippen LogP contribution in [-0.2, 0) is 9.84 Å². The molecule has 0 spiro atoms. The second-order valence-corrected chi connectivity index (χ2v) is 9.87. The van der Waals surface area contributed by atoms with Gasteiger partial charge in [0.1, 0.15) is 9.84 Å². The van der Waals surface area contributed by atoms with Crippen molar-refractivity contribution >= 4 is 15.7 Å². The van der Waals surface area contributed by atoms with Gasteiger partial charge in [-0.3, -0.25) is 9.69 Å². The molecule has 150 valence electrons. The van der Waals surface area contributed by atoms with Gasteiger partial charge in [0.05, 0.1) is 17.1 Å². The molecule has 0 atom stereocenters. The van der Waals surface area contributed by atoms with Crippen molar-refractivity contribution in [3.05, 3.63) is 41.7 Å². The number of aromatic nitrogens is 3. The van der Waals surface area contributed by atoms with Crippen LogP contribution in [0.5, 0.6) is 0 Å². The lowest BCUT2D eigenvalue weighted by molar-refractivity contribution is 0.0637. The summed E-state index contributed by atoms with van der Waals surface area (Å²) in [6.45, 7) is 3.01. The number of rotatable bonds is 6. The third kappa shape index (κ3) is 4.25. The third-order valence-corrected chi connectivity index (χ3v) is 6.23. The zero-order valence-electron chi connectivity index (χ0n) is 16.0. The first-order valence-electron chi connectivity index (χ1n) is 9.63. The van der Waals surface area contributed by atoms with E-state index in [4.69, 9.17) is 0 Å². The molecule has 1 saturated carbocycles. The molecular formula is C19H25N5O3S. The number of carbonyl (C=O) groups is 1. The summed E-state index contributed by atoms with van der Waals surface area (Å²) < 4.78 is 24.5. The van der Waals surface area contributed by atoms with Crippen molar-refractivity contribution in [2.45, 2.75) is 18.8 Å². The first-order valence-corrected chi connectivity index (χ1v) is 11.7. The van der Waals surface area contributed by atoms with E-state index in [1.807, 2.05) is 35.2 Å². The average molecular weight is 404 g/mol. The first-order chi connectivity index (χ1) is 13.4. The third-order valence-electron chi connectivity index (χ3n) is 5.31. The van der Waals surface area contributed by atoms with Crippen molar-refractivity contribution in [1.82, 2.24) is 24.8 Å². The quantitative estimate of drug-likeness (QED) is 0.714. The average Bonchev–Trinajstić information content (AvgIpc) is 3.44. The maximum atomic E-state index is 13.1. The standard InChI is InChI=1S/C19H25N5O3S/c1-28(26,27)14-13-22-9-11-23(12-10-22)19(25)17-18(15-7-8-15)24(21-20-17)16-5-3-2-4-6-16/h2-6,15H,7-14H2,1H3. The minimum Gasteiger partial charge on any atom is -0.335 e. The molecule has 2 aromatic rings. The van der Waals surface area contributed by atoms with Gasteiger partial charge >= 0.3 is 0 Å². The molecular weight excluding hydrogens is 378 g/mol. The van der Waals surface area contributed by atoms with Gasteiger partial charge in [-0.2, -0.15) is 0 Å². The van der Waals surface area contributed by atoms with Gasteiger partial charge in [-0.1, -0.05) is 23.4 Å². The topological polar surface area (TPSA) is 88.4 Å². The SMILES string of the molecule is CS(=O)(=O)CCN1CCN(C(=O)c2nnn(-c3ccccc3)c2C2CC2)CC1. The number of piperazine rings is 1. The zero-order valence-corrected chi connectivity index (χ0v) is 16.8. The minimum atomic E-state index is -2.97. The summed E-state index contributed by atoms with van der Waals surface area (Å²) in [6, 6.07) is 9.78. The Morgan fingerprint density at radius 1 is 1.11 bits per heavy atom. The van der Waals surface area contributed by atoms with E-state index in [0.717, 1.165) is 24.2 Å². The summed E-state index contributed by atoms with van der Waals surface area (Å²) in [5.74, 6) is 0.412. The molecule has 1 amide bonds. The van der Waals surface area contributed by atoms with Gasteiger partial charge in [-0.25, -0.2) is 13.1 Å². The Labute approximate surface area is 165 Å². The van der Waals surface area contributed by atoms with E-state index >= 15 is 0 Å². The summed E-state index contributed by atoms with van der Waals surface area (Å²) in [5, 5.41) is 8.52. The van der Waals surface area contributed by atoms with Gasteiger partial charge in [0, 0.05) is 44.9 Å². The lowest BCUT2D eigenvalue weighted by Crippen LogP contribution is -2.49. The van der Waals surface area contributed by atoms with E-state index in [1.165, 1.54) is 6.26 Å². The van der Waals surface area contributed by atoms with Gasteiger partial charge in [0.2, 0.25) is 0 Å². The smallest absolute Gasteiger partial charge is 0.276 e. The van der Waals surface area contributed by atoms with Crippen LogP contribution in [0.1, 0.15) is 34.9 Å². The van der Waals surface area contributed by atoms with Crippen LogP contribution >= 0.6 is 0 Å². The summed E-state index contributed by atoms with van der Waals surface area (Å²) >= 11 is 0. The van der Waals surface area contributed by atoms with Crippen LogP contribution in [0.3, 0.4) is 0 Å². The van der Waals surface area contributed by atoms with E-state index in [1.54, 1.807) is 4.68 Å². The van der Waals surface area contributed by atoms with Crippen LogP contribution in [0.4, 0.5) is 0 Å². The number of hydrogen-bond donors (Lipinski definition) is 0. The maximum Gasteiger partial charge on any atom is 0.276 e. The van der Waals surface area contributed by atoms with Crippen LogP contribution < -0.4 is 0 Å². The van der Waals surface area contributed by atoms with Gasteiger partial charge < -0.3 is 4.90 Å². The summed E-state index contributed by atoms with van der Waals surface area (Å²) in [7, 11) is -2.97. The van der Waals surface area contributed by atoms with E-state index < -0.39 is 9.84 Å². The molecule has 9 heteroatoms. The number of benzene rings is 1. The molecule has 1 aliphatic carbocycles. The molecule has 0 bridgehead atoms. The molecule has 4 rings (SSSR count). The first kappa shape index (κ1) is 19.1. The number of nitrogens with zero attached hydrogens (tertiary/aromatic N) is 5. The highest BCUT2D eigenvalue weighted by atomic mass is 32.2. The molecule has 0 radical (unpaired) electrons. The summed E-state index contributed by atoms with van der Waals surface area (Å²) in [6.07, 6.45) is 3.36. The van der Waals surface area contributed by atoms with Crippen LogP contribution in [0, 0.1) is 0 Å². The fourth-order valence-corrected chi connectivity index (χ4v) is 4.13. The predicted molar refractivity (Wildman–Crippen MR) is 105 cm³/mol. The predicted octanol–water partition coefficient (Wildman–Crippen LogP) is 0.947. The van der Waals surface area contributed by atoms with Crippen molar-refractivity contribution in [3.8, 4) is 5.69 Å². The maximum absolute atomic E-state index is 13.1. The molecule has 1 aromatic heterocycles. The van der Waals surface area contributed by atoms with Crippen LogP contribution in [0.2, 0.25) is 0 Å². The normalized spacial score (nSPS) is 18.4. The number of para-hydroxylation sites is 1. The number of amides is 1. The Hall–Kier alpha value is -2.26. The molecule has 1 aliphatic heterocycles. The second-order valence-electron chi connectivity index (χ2n) is 7.61. The molecule has 2 heterocycles. The molecule has 0 unspecified atom stereocenters. The molecule has 8 nitrogen and oxygen atoms in total. The second kappa shape index (κ2) is 7.63. The highest BCUT2D eigenvalue weighted by Crippen LogP contribution is 2.42. The number of hydrogen-bond acceptors (Lipinski definition) is 6. The van der Waals surface area contributed by atoms with Gasteiger partial charge in [0.25, 0.3) is 5.91 Å². The molecule has 2 fully saturated rings. The fourth-order valence-electron chi connectivity index (χ4n) is 3.54. The molecule has 28 heavy (non-hydrogen) atoms. The van der Waals surface area contributed by atoms with Crippen LogP contribution in [0.15, 0.2) is 30.3 Å². The highest BCUT2D eigenvalue weighted by Gasteiger charge is 2.36.